The van der Waals surface area contributed by atoms with Gasteiger partial charge in [-0.1, -0.05) is 54.6 Å². The molecule has 0 saturated heterocycles. The third-order valence-electron chi connectivity index (χ3n) is 7.60. The van der Waals surface area contributed by atoms with Gasteiger partial charge in [0.25, 0.3) is 0 Å². The zero-order valence-corrected chi connectivity index (χ0v) is 22.6. The Labute approximate surface area is 232 Å². The molecule has 8 nitrogen and oxygen atoms in total. The minimum Gasteiger partial charge on any atom is -0.493 e. The van der Waals surface area contributed by atoms with Gasteiger partial charge in [-0.15, -0.1) is 0 Å². The van der Waals surface area contributed by atoms with Gasteiger partial charge in [-0.25, -0.2) is 4.79 Å². The summed E-state index contributed by atoms with van der Waals surface area (Å²) in [5, 5.41) is 21.3. The van der Waals surface area contributed by atoms with Crippen LogP contribution in [0.5, 0.6) is 5.75 Å². The number of aromatic nitrogens is 3. The molecule has 206 valence electrons. The number of rotatable bonds is 8. The van der Waals surface area contributed by atoms with Gasteiger partial charge in [0.2, 0.25) is 0 Å². The van der Waals surface area contributed by atoms with Crippen molar-refractivity contribution < 1.29 is 24.1 Å². The van der Waals surface area contributed by atoms with Crippen molar-refractivity contribution in [2.75, 3.05) is 20.3 Å². The Morgan fingerprint density at radius 2 is 1.90 bits per heavy atom. The first-order valence-corrected chi connectivity index (χ1v) is 13.8. The van der Waals surface area contributed by atoms with E-state index in [1.165, 1.54) is 0 Å². The Bertz CT molecular complexity index is 1660. The number of hydrogen-bond donors (Lipinski definition) is 2. The van der Waals surface area contributed by atoms with E-state index in [4.69, 9.17) is 14.2 Å². The predicted octanol–water partition coefficient (Wildman–Crippen LogP) is 6.35. The summed E-state index contributed by atoms with van der Waals surface area (Å²) in [5.41, 5.74) is 5.64. The molecule has 0 unspecified atom stereocenters. The van der Waals surface area contributed by atoms with E-state index in [1.54, 1.807) is 7.11 Å². The highest BCUT2D eigenvalue weighted by Crippen LogP contribution is 2.38. The van der Waals surface area contributed by atoms with Crippen molar-refractivity contribution in [3.8, 4) is 16.9 Å². The Morgan fingerprint density at radius 1 is 1.07 bits per heavy atom. The molecule has 0 saturated carbocycles. The number of hydrogen-bond acceptors (Lipinski definition) is 5. The first-order chi connectivity index (χ1) is 19.7. The average molecular weight is 540 g/mol. The minimum atomic E-state index is -0.914. The Morgan fingerprint density at radius 3 is 2.77 bits per heavy atom. The minimum absolute atomic E-state index is 0.340. The fraction of sp³-hybridized carbons (Fsp3) is 0.312. The second kappa shape index (κ2) is 11.5. The van der Waals surface area contributed by atoms with Crippen molar-refractivity contribution in [2.45, 2.75) is 45.4 Å². The second-order valence-electron chi connectivity index (χ2n) is 10.1. The first kappa shape index (κ1) is 26.1. The third-order valence-corrected chi connectivity index (χ3v) is 7.60. The number of aromatic amines is 1. The maximum Gasteiger partial charge on any atom is 0.352 e. The van der Waals surface area contributed by atoms with Crippen LogP contribution in [0.1, 0.15) is 46.7 Å². The molecular formula is C32H33N3O5. The van der Waals surface area contributed by atoms with Crippen LogP contribution in [-0.4, -0.2) is 46.2 Å². The largest absolute Gasteiger partial charge is 0.493 e. The summed E-state index contributed by atoms with van der Waals surface area (Å²) in [6.45, 7) is 2.43. The predicted molar refractivity (Wildman–Crippen MR) is 154 cm³/mol. The lowest BCUT2D eigenvalue weighted by molar-refractivity contribution is 0.0683. The SMILES string of the molecule is COCc1n[nH]c2c1-c1cccc3c(CCCOc4cccc5ccccc45)c(C(=O)O)n(c13)CCCCOC2. The third kappa shape index (κ3) is 4.85. The number of para-hydroxylation sites is 1. The molecule has 0 radical (unpaired) electrons. The number of methoxy groups -OCH3 is 1. The lowest BCUT2D eigenvalue weighted by atomic mass is 9.98. The maximum atomic E-state index is 12.8. The molecule has 2 aromatic heterocycles. The molecule has 0 spiro atoms. The van der Waals surface area contributed by atoms with Crippen LogP contribution in [0.25, 0.3) is 32.8 Å². The van der Waals surface area contributed by atoms with Gasteiger partial charge in [0.05, 0.1) is 36.7 Å². The average Bonchev–Trinajstić information content (AvgIpc) is 3.50. The Balaban J connectivity index is 1.39. The van der Waals surface area contributed by atoms with Crippen LogP contribution in [0.3, 0.4) is 0 Å². The van der Waals surface area contributed by atoms with E-state index in [0.717, 1.165) is 68.3 Å². The number of carboxylic acids is 1. The van der Waals surface area contributed by atoms with Crippen LogP contribution in [0, 0.1) is 0 Å². The van der Waals surface area contributed by atoms with Crippen molar-refractivity contribution in [1.29, 1.82) is 0 Å². The summed E-state index contributed by atoms with van der Waals surface area (Å²) in [7, 11) is 1.65. The number of ether oxygens (including phenoxy) is 3. The zero-order valence-electron chi connectivity index (χ0n) is 22.6. The normalized spacial score (nSPS) is 13.7. The highest BCUT2D eigenvalue weighted by atomic mass is 16.5. The standard InChI is InChI=1S/C32H33N3O5/c1-38-19-26-29-25-13-7-12-23-24(14-8-18-40-28-15-6-10-21-9-2-3-11-22(21)28)31(32(36)37)35(30(23)25)16-4-5-17-39-20-27(29)34-33-26/h2-3,6-7,9-13,15H,4-5,8,14,16-20H2,1H3,(H,33,34)(H,36,37). The number of fused-ring (bicyclic) bond motifs is 3. The molecule has 6 rings (SSSR count). The van der Waals surface area contributed by atoms with Gasteiger partial charge in [-0.05, 0) is 42.7 Å². The molecule has 0 bridgehead atoms. The van der Waals surface area contributed by atoms with Gasteiger partial charge in [-0.3, -0.25) is 5.10 Å². The molecule has 0 fully saturated rings. The number of nitrogens with zero attached hydrogens (tertiary/aromatic N) is 2. The van der Waals surface area contributed by atoms with Gasteiger partial charge < -0.3 is 23.9 Å². The molecule has 0 amide bonds. The summed E-state index contributed by atoms with van der Waals surface area (Å²) < 4.78 is 19.6. The van der Waals surface area contributed by atoms with Crippen LogP contribution in [-0.2, 0) is 35.7 Å². The molecule has 2 N–H and O–H groups in total. The molecule has 1 aliphatic heterocycles. The number of carboxylic acid groups (broad SMARTS) is 1. The summed E-state index contributed by atoms with van der Waals surface area (Å²) in [5.74, 6) is -0.0705. The number of H-pyrrole nitrogens is 1. The van der Waals surface area contributed by atoms with Crippen molar-refractivity contribution in [3.63, 3.8) is 0 Å². The van der Waals surface area contributed by atoms with Crippen LogP contribution in [0.4, 0.5) is 0 Å². The molecule has 8 heteroatoms. The van der Waals surface area contributed by atoms with Gasteiger partial charge >= 0.3 is 5.97 Å². The summed E-state index contributed by atoms with van der Waals surface area (Å²) in [6.07, 6.45) is 2.93. The number of aromatic carboxylic acids is 1. The van der Waals surface area contributed by atoms with E-state index < -0.39 is 5.97 Å². The second-order valence-corrected chi connectivity index (χ2v) is 10.1. The monoisotopic (exact) mass is 539 g/mol. The van der Waals surface area contributed by atoms with Gasteiger partial charge in [0, 0.05) is 42.2 Å². The molecule has 3 aromatic carbocycles. The summed E-state index contributed by atoms with van der Waals surface area (Å²) in [4.78, 5) is 12.8. The van der Waals surface area contributed by atoms with Crippen LogP contribution in [0.15, 0.2) is 60.7 Å². The van der Waals surface area contributed by atoms with Crippen molar-refractivity contribution in [2.24, 2.45) is 0 Å². The highest BCUT2D eigenvalue weighted by molar-refractivity contribution is 6.04. The van der Waals surface area contributed by atoms with Crippen molar-refractivity contribution in [3.05, 3.63) is 83.3 Å². The lowest BCUT2D eigenvalue weighted by Crippen LogP contribution is -2.12. The van der Waals surface area contributed by atoms with E-state index in [-0.39, 0.29) is 0 Å². The molecule has 0 aliphatic carbocycles. The Hall–Kier alpha value is -4.14. The fourth-order valence-electron chi connectivity index (χ4n) is 5.89. The summed E-state index contributed by atoms with van der Waals surface area (Å²) in [6, 6.07) is 20.3. The van der Waals surface area contributed by atoms with Crippen LogP contribution in [0.2, 0.25) is 0 Å². The topological polar surface area (TPSA) is 98.6 Å². The Kier molecular flexibility index (Phi) is 7.53. The fourth-order valence-corrected chi connectivity index (χ4v) is 5.89. The summed E-state index contributed by atoms with van der Waals surface area (Å²) >= 11 is 0. The number of nitrogens with one attached hydrogen (secondary N) is 1. The number of carbonyl (C=O) groups is 1. The molecule has 5 aromatic rings. The first-order valence-electron chi connectivity index (χ1n) is 13.8. The van der Waals surface area contributed by atoms with E-state index >= 15 is 0 Å². The van der Waals surface area contributed by atoms with Crippen LogP contribution < -0.4 is 4.74 Å². The zero-order chi connectivity index (χ0) is 27.5. The van der Waals surface area contributed by atoms with Gasteiger partial charge in [0.1, 0.15) is 11.4 Å². The quantitative estimate of drug-likeness (QED) is 0.223. The van der Waals surface area contributed by atoms with Gasteiger partial charge in [0.15, 0.2) is 0 Å². The van der Waals surface area contributed by atoms with E-state index in [1.807, 2.05) is 47.0 Å². The van der Waals surface area contributed by atoms with Crippen molar-refractivity contribution in [1.82, 2.24) is 14.8 Å². The molecule has 3 heterocycles. The lowest BCUT2D eigenvalue weighted by Gasteiger charge is -2.12. The molecule has 1 aliphatic rings. The van der Waals surface area contributed by atoms with Crippen molar-refractivity contribution >= 4 is 27.6 Å². The van der Waals surface area contributed by atoms with Gasteiger partial charge in [-0.2, -0.15) is 5.10 Å². The number of aryl methyl sites for hydroxylation is 2. The highest BCUT2D eigenvalue weighted by Gasteiger charge is 2.27. The molecule has 0 atom stereocenters. The van der Waals surface area contributed by atoms with E-state index in [2.05, 4.69) is 28.4 Å². The van der Waals surface area contributed by atoms with Crippen LogP contribution >= 0.6 is 0 Å². The smallest absolute Gasteiger partial charge is 0.352 e. The molecule has 40 heavy (non-hydrogen) atoms. The molecular weight excluding hydrogens is 506 g/mol. The number of benzene rings is 3. The van der Waals surface area contributed by atoms with E-state index in [0.29, 0.717) is 51.5 Å². The van der Waals surface area contributed by atoms with E-state index in [9.17, 15) is 9.90 Å². The maximum absolute atomic E-state index is 12.8.